The maximum Gasteiger partial charge on any atom is 0.163 e. The second-order valence-electron chi connectivity index (χ2n) is 10.3. The van der Waals surface area contributed by atoms with Gasteiger partial charge in [-0.2, -0.15) is 0 Å². The highest BCUT2D eigenvalue weighted by Crippen LogP contribution is 2.36. The molecule has 1 unspecified atom stereocenters. The molecule has 0 bridgehead atoms. The SMILES string of the molecule is COc1cc2c(NC3CCS(=O)(=O)CC3)nc(C3CCCNC3)nc2cc1OCCCN1CCCC1. The fraction of sp³-hybridized carbons (Fsp3) is 0.692. The minimum Gasteiger partial charge on any atom is -0.493 e. The monoisotopic (exact) mass is 517 g/mol. The topological polar surface area (TPSA) is 106 Å². The van der Waals surface area contributed by atoms with E-state index in [2.05, 4.69) is 15.5 Å². The Kier molecular flexibility index (Phi) is 8.12. The van der Waals surface area contributed by atoms with Gasteiger partial charge in [0.15, 0.2) is 11.5 Å². The Morgan fingerprint density at radius 3 is 2.61 bits per heavy atom. The lowest BCUT2D eigenvalue weighted by molar-refractivity contribution is 0.254. The minimum atomic E-state index is -2.93. The van der Waals surface area contributed by atoms with Crippen molar-refractivity contribution in [3.05, 3.63) is 18.0 Å². The van der Waals surface area contributed by atoms with Gasteiger partial charge >= 0.3 is 0 Å². The first-order valence-corrected chi connectivity index (χ1v) is 15.3. The summed E-state index contributed by atoms with van der Waals surface area (Å²) in [7, 11) is -1.28. The molecule has 4 heterocycles. The van der Waals surface area contributed by atoms with Gasteiger partial charge in [-0.3, -0.25) is 0 Å². The van der Waals surface area contributed by atoms with Gasteiger partial charge in [-0.25, -0.2) is 18.4 Å². The quantitative estimate of drug-likeness (QED) is 0.486. The smallest absolute Gasteiger partial charge is 0.163 e. The summed E-state index contributed by atoms with van der Waals surface area (Å²) in [6.45, 7) is 5.96. The highest BCUT2D eigenvalue weighted by molar-refractivity contribution is 7.91. The van der Waals surface area contributed by atoms with Crippen molar-refractivity contribution in [3.63, 3.8) is 0 Å². The Morgan fingerprint density at radius 1 is 1.08 bits per heavy atom. The van der Waals surface area contributed by atoms with Crippen molar-refractivity contribution in [2.75, 3.05) is 63.3 Å². The van der Waals surface area contributed by atoms with Crippen LogP contribution in [0.2, 0.25) is 0 Å². The second kappa shape index (κ2) is 11.5. The summed E-state index contributed by atoms with van der Waals surface area (Å²) in [5.41, 5.74) is 0.826. The third-order valence-corrected chi connectivity index (χ3v) is 9.35. The van der Waals surface area contributed by atoms with Crippen molar-refractivity contribution in [1.29, 1.82) is 0 Å². The third kappa shape index (κ3) is 6.20. The van der Waals surface area contributed by atoms with Crippen LogP contribution in [0.15, 0.2) is 12.1 Å². The third-order valence-electron chi connectivity index (χ3n) is 7.63. The van der Waals surface area contributed by atoms with Gasteiger partial charge in [-0.15, -0.1) is 0 Å². The lowest BCUT2D eigenvalue weighted by Crippen LogP contribution is -2.33. The number of ether oxygens (including phenoxy) is 2. The summed E-state index contributed by atoms with van der Waals surface area (Å²) >= 11 is 0. The molecule has 1 atom stereocenters. The number of hydrogen-bond donors (Lipinski definition) is 2. The van der Waals surface area contributed by atoms with Crippen molar-refractivity contribution in [3.8, 4) is 11.5 Å². The van der Waals surface area contributed by atoms with Crippen molar-refractivity contribution in [1.82, 2.24) is 20.2 Å². The second-order valence-corrected chi connectivity index (χ2v) is 12.6. The Morgan fingerprint density at radius 2 is 1.89 bits per heavy atom. The van der Waals surface area contributed by atoms with Gasteiger partial charge in [0, 0.05) is 36.5 Å². The van der Waals surface area contributed by atoms with E-state index in [-0.39, 0.29) is 23.5 Å². The molecule has 0 spiro atoms. The zero-order valence-electron chi connectivity index (χ0n) is 21.3. The molecule has 9 nitrogen and oxygen atoms in total. The number of aromatic nitrogens is 2. The van der Waals surface area contributed by atoms with Crippen LogP contribution < -0.4 is 20.1 Å². The number of rotatable bonds is 9. The summed E-state index contributed by atoms with van der Waals surface area (Å²) in [5.74, 6) is 3.62. The van der Waals surface area contributed by atoms with Gasteiger partial charge in [-0.1, -0.05) is 0 Å². The Bertz CT molecular complexity index is 1130. The van der Waals surface area contributed by atoms with E-state index in [1.165, 1.54) is 25.9 Å². The van der Waals surface area contributed by atoms with Crippen molar-refractivity contribution >= 4 is 26.6 Å². The molecule has 3 aliphatic rings. The van der Waals surface area contributed by atoms with Gasteiger partial charge in [0.1, 0.15) is 21.5 Å². The summed E-state index contributed by atoms with van der Waals surface area (Å²) in [4.78, 5) is 12.4. The molecule has 1 aromatic heterocycles. The number of sulfone groups is 1. The molecule has 10 heteroatoms. The number of hydrogen-bond acceptors (Lipinski definition) is 9. The van der Waals surface area contributed by atoms with Crippen LogP contribution in [-0.4, -0.2) is 87.3 Å². The van der Waals surface area contributed by atoms with Gasteiger partial charge in [0.25, 0.3) is 0 Å². The van der Waals surface area contributed by atoms with Crippen LogP contribution in [0, 0.1) is 0 Å². The number of piperidine rings is 1. The molecule has 5 rings (SSSR count). The van der Waals surface area contributed by atoms with E-state index in [4.69, 9.17) is 19.4 Å². The van der Waals surface area contributed by atoms with Gasteiger partial charge in [0.2, 0.25) is 0 Å². The van der Waals surface area contributed by atoms with E-state index in [0.717, 1.165) is 61.4 Å². The molecule has 0 aliphatic carbocycles. The molecule has 1 aromatic carbocycles. The molecule has 0 amide bonds. The number of likely N-dealkylation sites (tertiary alicyclic amines) is 1. The molecular formula is C26H39N5O4S. The number of fused-ring (bicyclic) bond motifs is 1. The van der Waals surface area contributed by atoms with E-state index < -0.39 is 9.84 Å². The summed E-state index contributed by atoms with van der Waals surface area (Å²) in [6, 6.07) is 3.99. The van der Waals surface area contributed by atoms with Crippen LogP contribution in [0.4, 0.5) is 5.82 Å². The predicted octanol–water partition coefficient (Wildman–Crippen LogP) is 2.96. The van der Waals surface area contributed by atoms with Crippen molar-refractivity contribution in [2.45, 2.75) is 56.9 Å². The molecule has 3 aliphatic heterocycles. The average molecular weight is 518 g/mol. The summed E-state index contributed by atoms with van der Waals surface area (Å²) in [5, 5.41) is 7.89. The minimum absolute atomic E-state index is 0.0662. The first-order chi connectivity index (χ1) is 17.5. The zero-order chi connectivity index (χ0) is 25.0. The Balaban J connectivity index is 1.40. The van der Waals surface area contributed by atoms with Gasteiger partial charge in [-0.05, 0) is 70.6 Å². The predicted molar refractivity (Wildman–Crippen MR) is 142 cm³/mol. The van der Waals surface area contributed by atoms with E-state index >= 15 is 0 Å². The lowest BCUT2D eigenvalue weighted by atomic mass is 9.98. The molecule has 0 radical (unpaired) electrons. The molecular weight excluding hydrogens is 478 g/mol. The first-order valence-electron chi connectivity index (χ1n) is 13.4. The van der Waals surface area contributed by atoms with E-state index in [0.29, 0.717) is 30.9 Å². The van der Waals surface area contributed by atoms with Crippen LogP contribution >= 0.6 is 0 Å². The molecule has 2 aromatic rings. The Hall–Kier alpha value is -2.17. The average Bonchev–Trinajstić information content (AvgIpc) is 3.41. The van der Waals surface area contributed by atoms with Crippen molar-refractivity contribution in [2.24, 2.45) is 0 Å². The standard InChI is InChI=1S/C26H39N5O4S/c1-34-23-16-21-22(17-24(23)35-13-5-12-31-10-2-3-11-31)29-25(19-6-4-9-27-18-19)30-26(21)28-20-7-14-36(32,33)15-8-20/h16-17,19-20,27H,2-15,18H2,1H3,(H,28,29,30). The molecule has 198 valence electrons. The lowest BCUT2D eigenvalue weighted by Gasteiger charge is -2.26. The maximum atomic E-state index is 11.9. The number of nitrogens with zero attached hydrogens (tertiary/aromatic N) is 3. The molecule has 2 N–H and O–H groups in total. The van der Waals surface area contributed by atoms with E-state index in [1.54, 1.807) is 7.11 Å². The van der Waals surface area contributed by atoms with Crippen LogP contribution in [0.5, 0.6) is 11.5 Å². The molecule has 3 saturated heterocycles. The fourth-order valence-corrected chi connectivity index (χ4v) is 6.99. The highest BCUT2D eigenvalue weighted by Gasteiger charge is 2.26. The van der Waals surface area contributed by atoms with Gasteiger partial charge in [0.05, 0.1) is 30.7 Å². The number of nitrogens with one attached hydrogen (secondary N) is 2. The normalized spacial score (nSPS) is 23.1. The Labute approximate surface area is 214 Å². The number of methoxy groups -OCH3 is 1. The molecule has 3 fully saturated rings. The number of anilines is 1. The first kappa shape index (κ1) is 25.5. The van der Waals surface area contributed by atoms with Crippen LogP contribution in [0.1, 0.15) is 56.7 Å². The molecule has 0 saturated carbocycles. The van der Waals surface area contributed by atoms with Gasteiger partial charge < -0.3 is 25.0 Å². The van der Waals surface area contributed by atoms with E-state index in [9.17, 15) is 8.42 Å². The van der Waals surface area contributed by atoms with Crippen LogP contribution in [0.25, 0.3) is 10.9 Å². The maximum absolute atomic E-state index is 11.9. The fourth-order valence-electron chi connectivity index (χ4n) is 5.50. The summed E-state index contributed by atoms with van der Waals surface area (Å²) in [6.07, 6.45) is 6.89. The zero-order valence-corrected chi connectivity index (χ0v) is 22.1. The van der Waals surface area contributed by atoms with Crippen molar-refractivity contribution < 1.29 is 17.9 Å². The summed E-state index contributed by atoms with van der Waals surface area (Å²) < 4.78 is 35.7. The highest BCUT2D eigenvalue weighted by atomic mass is 32.2. The number of benzene rings is 1. The largest absolute Gasteiger partial charge is 0.493 e. The molecule has 36 heavy (non-hydrogen) atoms. The van der Waals surface area contributed by atoms with E-state index in [1.807, 2.05) is 12.1 Å². The van der Waals surface area contributed by atoms with Crippen LogP contribution in [0.3, 0.4) is 0 Å². The van der Waals surface area contributed by atoms with Crippen LogP contribution in [-0.2, 0) is 9.84 Å².